The van der Waals surface area contributed by atoms with Gasteiger partial charge in [0.15, 0.2) is 0 Å². The molecule has 0 aromatic heterocycles. The van der Waals surface area contributed by atoms with E-state index in [-0.39, 0.29) is 179 Å². The van der Waals surface area contributed by atoms with Crippen molar-refractivity contribution < 1.29 is 174 Å². The Morgan fingerprint density at radius 2 is 0.727 bits per heavy atom. The first-order valence-corrected chi connectivity index (χ1v) is 6.54. The minimum Gasteiger partial charge on any atom is -1.00 e. The molecule has 136 valence electrons. The quantitative estimate of drug-likeness (QED) is 0.0590. The molecule has 0 rings (SSSR count). The molecule has 22 heavy (non-hydrogen) atoms. The molecular weight excluding hydrogens is 584 g/mol. The van der Waals surface area contributed by atoms with Crippen molar-refractivity contribution in [3.63, 3.8) is 0 Å². The molecule has 0 aromatic rings. The van der Waals surface area contributed by atoms with E-state index in [2.05, 4.69) is 0 Å². The van der Waals surface area contributed by atoms with Crippen LogP contribution in [0.4, 0.5) is 0 Å². The Kier molecular flexibility index (Phi) is 87.8. The van der Waals surface area contributed by atoms with Crippen molar-refractivity contribution in [3.05, 3.63) is 0 Å². The van der Waals surface area contributed by atoms with Gasteiger partial charge in [0.1, 0.15) is 0 Å². The SMILES string of the molecule is Cl.I.O.O.O=P(O)(O)O.O=S(=O)(O)O.O=S(=O)(O)O.[H-].[H-].[H-].[H-].[K+].[K+].[Mg+2]. The summed E-state index contributed by atoms with van der Waals surface area (Å²) < 4.78 is 72.0. The van der Waals surface area contributed by atoms with Crippen molar-refractivity contribution in [1.82, 2.24) is 0 Å². The van der Waals surface area contributed by atoms with Crippen LogP contribution in [0.5, 0.6) is 0 Å². The zero-order valence-corrected chi connectivity index (χ0v) is 24.3. The van der Waals surface area contributed by atoms with E-state index in [1.54, 1.807) is 0 Å². The van der Waals surface area contributed by atoms with Crippen LogP contribution in [0.2, 0.25) is 0 Å². The van der Waals surface area contributed by atoms with Gasteiger partial charge in [0.05, 0.1) is 0 Å². The molecule has 0 bridgehead atoms. The zero-order chi connectivity index (χ0) is 13.5. The first kappa shape index (κ1) is 63.2. The average Bonchev–Trinajstić information content (AvgIpc) is 1.41. The third-order valence-electron chi connectivity index (χ3n) is 0. The molecule has 11 N–H and O–H groups in total. The van der Waals surface area contributed by atoms with Gasteiger partial charge in [-0.2, -0.15) is 16.8 Å². The van der Waals surface area contributed by atoms with Gasteiger partial charge in [0.25, 0.3) is 0 Å². The van der Waals surface area contributed by atoms with E-state index < -0.39 is 28.6 Å². The second kappa shape index (κ2) is 30.6. The largest absolute Gasteiger partial charge is 2.00 e. The van der Waals surface area contributed by atoms with E-state index >= 15 is 0 Å². The number of hydrogen-bond acceptors (Lipinski definition) is 5. The van der Waals surface area contributed by atoms with Crippen LogP contribution in [0.1, 0.15) is 5.71 Å². The molecule has 0 amide bonds. The van der Waals surface area contributed by atoms with E-state index in [0.717, 1.165) is 0 Å². The van der Waals surface area contributed by atoms with E-state index in [0.29, 0.717) is 0 Å². The normalized spacial score (nSPS) is 7.95. The van der Waals surface area contributed by atoms with Gasteiger partial charge in [-0.25, -0.2) is 4.57 Å². The predicted molar refractivity (Wildman–Crippen MR) is 82.7 cm³/mol. The average molecular weight is 601 g/mol. The third kappa shape index (κ3) is 605. The molecule has 0 saturated carbocycles. The van der Waals surface area contributed by atoms with Crippen LogP contribution in [-0.4, -0.2) is 83.7 Å². The maximum absolute atomic E-state index is 8.88. The minimum atomic E-state index is -4.67. The monoisotopic (exact) mass is 600 g/mol. The van der Waals surface area contributed by atoms with Crippen LogP contribution >= 0.6 is 44.2 Å². The fourth-order valence-electron chi connectivity index (χ4n) is 0. The summed E-state index contributed by atoms with van der Waals surface area (Å²) in [7, 11) is -14.0. The maximum Gasteiger partial charge on any atom is 2.00 e. The zero-order valence-electron chi connectivity index (χ0n) is 15.0. The summed E-state index contributed by atoms with van der Waals surface area (Å²) in [6.45, 7) is 0. The van der Waals surface area contributed by atoms with Crippen LogP contribution in [0.15, 0.2) is 0 Å². The van der Waals surface area contributed by atoms with Gasteiger partial charge >= 0.3 is 154 Å². The number of halogens is 2. The Morgan fingerprint density at radius 3 is 0.727 bits per heavy atom. The Balaban J connectivity index is -0.00000000571. The summed E-state index contributed by atoms with van der Waals surface area (Å²) in [5.74, 6) is 0. The molecule has 14 nitrogen and oxygen atoms in total. The molecule has 0 heterocycles. The number of phosphoric acid groups is 1. The number of hydrogen-bond donors (Lipinski definition) is 7. The van der Waals surface area contributed by atoms with Gasteiger partial charge in [-0.1, -0.05) is 0 Å². The van der Waals surface area contributed by atoms with Crippen molar-refractivity contribution in [3.8, 4) is 0 Å². The molecule has 0 saturated heterocycles. The summed E-state index contributed by atoms with van der Waals surface area (Å²) in [5, 5.41) is 0. The topological polar surface area (TPSA) is 290 Å². The molecule has 0 radical (unpaired) electrons. The third-order valence-corrected chi connectivity index (χ3v) is 0. The maximum atomic E-state index is 8.88. The molecule has 0 aliphatic rings. The summed E-state index contributed by atoms with van der Waals surface area (Å²) in [6, 6.07) is 0. The number of rotatable bonds is 0. The van der Waals surface area contributed by atoms with Crippen molar-refractivity contribution in [2.24, 2.45) is 0 Å². The van der Waals surface area contributed by atoms with Gasteiger partial charge in [-0.15, -0.1) is 36.4 Å². The summed E-state index contributed by atoms with van der Waals surface area (Å²) in [5.41, 5.74) is 0. The van der Waals surface area contributed by atoms with Crippen LogP contribution in [0.25, 0.3) is 0 Å². The van der Waals surface area contributed by atoms with E-state index in [1.807, 2.05) is 0 Å². The minimum absolute atomic E-state index is 0. The molecule has 0 aliphatic carbocycles. The first-order chi connectivity index (χ1) is 6.00. The molecule has 0 aliphatic heterocycles. The van der Waals surface area contributed by atoms with Crippen LogP contribution in [0, 0.1) is 0 Å². The second-order valence-corrected chi connectivity index (χ2v) is 4.23. The Labute approximate surface area is 256 Å². The molecule has 0 unspecified atom stereocenters. The molecule has 22 heteroatoms. The molecular formula is H17ClIK2MgO14PS2. The van der Waals surface area contributed by atoms with E-state index in [9.17, 15) is 0 Å². The Bertz CT molecular complexity index is 364. The second-order valence-electron chi connectivity index (χ2n) is 1.41. The first-order valence-electron chi connectivity index (χ1n) is 2.18. The van der Waals surface area contributed by atoms with Crippen LogP contribution < -0.4 is 103 Å². The predicted octanol–water partition coefficient (Wildman–Crippen LogP) is -8.77. The molecule has 0 atom stereocenters. The van der Waals surface area contributed by atoms with Gasteiger partial charge in [-0.05, 0) is 0 Å². The molecule has 0 fully saturated rings. The van der Waals surface area contributed by atoms with E-state index in [4.69, 9.17) is 54.3 Å². The standard InChI is InChI=1S/ClH.HI.2K.Mg.H3O4P.2H2O4S.2H2O.4H/c;;;;;3*1-5(2,3)4;;;;;;/h2*1H;;;;(H3,1,2,3,4);2*(H2,1,2,3,4);2*1H2;;;;/q;;2*+1;+2;;;;;;4*-1. The van der Waals surface area contributed by atoms with Crippen LogP contribution in [-0.2, 0) is 25.4 Å². The van der Waals surface area contributed by atoms with E-state index in [1.165, 1.54) is 0 Å². The van der Waals surface area contributed by atoms with Gasteiger partial charge < -0.3 is 31.3 Å². The van der Waals surface area contributed by atoms with Crippen molar-refractivity contribution in [1.29, 1.82) is 0 Å². The fourth-order valence-corrected chi connectivity index (χ4v) is 0. The fraction of sp³-hybridized carbons (Fsp3) is 0. The van der Waals surface area contributed by atoms with Gasteiger partial charge in [-0.3, -0.25) is 18.2 Å². The van der Waals surface area contributed by atoms with Gasteiger partial charge in [0, 0.05) is 0 Å². The molecule has 0 spiro atoms. The summed E-state index contributed by atoms with van der Waals surface area (Å²) in [6.07, 6.45) is 0. The van der Waals surface area contributed by atoms with Gasteiger partial charge in [0.2, 0.25) is 0 Å². The Hall–Kier alpha value is 4.83. The van der Waals surface area contributed by atoms with Crippen molar-refractivity contribution in [2.75, 3.05) is 0 Å². The van der Waals surface area contributed by atoms with Crippen molar-refractivity contribution in [2.45, 2.75) is 0 Å². The van der Waals surface area contributed by atoms with Crippen molar-refractivity contribution >= 4 is 88.1 Å². The summed E-state index contributed by atoms with van der Waals surface area (Å²) in [4.78, 5) is 21.6. The Morgan fingerprint density at radius 1 is 0.727 bits per heavy atom. The summed E-state index contributed by atoms with van der Waals surface area (Å²) >= 11 is 0. The smallest absolute Gasteiger partial charge is 1.00 e. The molecule has 0 aromatic carbocycles. The van der Waals surface area contributed by atoms with Crippen LogP contribution in [0.3, 0.4) is 0 Å².